The molecule has 0 aromatic heterocycles. The van der Waals surface area contributed by atoms with Crippen molar-refractivity contribution in [3.05, 3.63) is 24.3 Å². The minimum absolute atomic E-state index is 0. The molecule has 1 N–H and O–H groups in total. The summed E-state index contributed by atoms with van der Waals surface area (Å²) in [5.74, 6) is -0.708. The molecule has 0 aliphatic carbocycles. The van der Waals surface area contributed by atoms with Gasteiger partial charge in [0.25, 0.3) is 0 Å². The maximum absolute atomic E-state index is 12.0. The van der Waals surface area contributed by atoms with Crippen LogP contribution < -0.4 is 56.8 Å². The number of hydrogen-bond donors (Lipinski definition) is 1. The van der Waals surface area contributed by atoms with E-state index in [-0.39, 0.29) is 51.4 Å². The van der Waals surface area contributed by atoms with Crippen molar-refractivity contribution in [3.8, 4) is 5.75 Å². The minimum atomic E-state index is -5.08. The van der Waals surface area contributed by atoms with Gasteiger partial charge in [0.05, 0.1) is 5.75 Å². The van der Waals surface area contributed by atoms with Gasteiger partial charge in [-0.1, -0.05) is 23.7 Å². The number of phenolic OH excluding ortho intramolecular Hbond substituents is 1. The second kappa shape index (κ2) is 4.67. The van der Waals surface area contributed by atoms with Crippen LogP contribution in [0.4, 0.5) is 12.9 Å². The van der Waals surface area contributed by atoms with Gasteiger partial charge in [-0.2, -0.15) is 0 Å². The Kier molecular flexibility index (Phi) is 4.86. The van der Waals surface area contributed by atoms with Crippen molar-refractivity contribution in [1.29, 1.82) is 0 Å². The van der Waals surface area contributed by atoms with E-state index in [4.69, 9.17) is 5.11 Å². The van der Waals surface area contributed by atoms with Gasteiger partial charge in [-0.25, -0.2) is 0 Å². The Bertz CT molecular complexity index is 263. The zero-order valence-corrected chi connectivity index (χ0v) is 9.59. The molecule has 1 nitrogen and oxygen atoms in total. The predicted molar refractivity (Wildman–Crippen MR) is 36.8 cm³/mol. The van der Waals surface area contributed by atoms with E-state index >= 15 is 0 Å². The first kappa shape index (κ1) is 12.5. The first-order chi connectivity index (χ1) is 5.02. The van der Waals surface area contributed by atoms with E-state index in [0.29, 0.717) is 0 Å². The maximum Gasteiger partial charge on any atom is 1.00 e. The number of rotatable bonds is 1. The minimum Gasteiger partial charge on any atom is -0.511 e. The molecule has 0 bridgehead atoms. The molecular formula is C6H5BF3KO. The van der Waals surface area contributed by atoms with E-state index in [1.807, 2.05) is 0 Å². The topological polar surface area (TPSA) is 20.2 Å². The molecule has 0 fully saturated rings. The second-order valence-electron chi connectivity index (χ2n) is 2.13. The molecule has 0 radical (unpaired) electrons. The summed E-state index contributed by atoms with van der Waals surface area (Å²) in [6.07, 6.45) is 0. The Morgan fingerprint density at radius 2 is 1.58 bits per heavy atom. The van der Waals surface area contributed by atoms with E-state index in [1.54, 1.807) is 0 Å². The van der Waals surface area contributed by atoms with Gasteiger partial charge in [0.2, 0.25) is 0 Å². The largest absolute Gasteiger partial charge is 1.00 e. The summed E-state index contributed by atoms with van der Waals surface area (Å²) in [5.41, 5.74) is -0.937. The van der Waals surface area contributed by atoms with Gasteiger partial charge >= 0.3 is 58.4 Å². The monoisotopic (exact) mass is 200 g/mol. The molecule has 12 heavy (non-hydrogen) atoms. The summed E-state index contributed by atoms with van der Waals surface area (Å²) in [4.78, 5) is 0. The first-order valence-electron chi connectivity index (χ1n) is 2.99. The number of benzene rings is 1. The Balaban J connectivity index is 0.00000121. The summed E-state index contributed by atoms with van der Waals surface area (Å²) in [5, 5.41) is 8.74. The average molecular weight is 200 g/mol. The van der Waals surface area contributed by atoms with E-state index in [9.17, 15) is 12.9 Å². The molecule has 0 aliphatic rings. The van der Waals surface area contributed by atoms with E-state index in [2.05, 4.69) is 0 Å². The van der Waals surface area contributed by atoms with E-state index < -0.39 is 18.2 Å². The van der Waals surface area contributed by atoms with Gasteiger partial charge < -0.3 is 18.1 Å². The molecule has 0 heterocycles. The van der Waals surface area contributed by atoms with E-state index in [0.717, 1.165) is 12.1 Å². The zero-order valence-electron chi connectivity index (χ0n) is 6.47. The Labute approximate surface area is 110 Å². The fourth-order valence-corrected chi connectivity index (χ4v) is 0.764. The number of phenols is 1. The van der Waals surface area contributed by atoms with Crippen molar-refractivity contribution in [2.75, 3.05) is 0 Å². The van der Waals surface area contributed by atoms with Crippen molar-refractivity contribution < 1.29 is 69.4 Å². The number of aromatic hydroxyl groups is 1. The predicted octanol–water partition coefficient (Wildman–Crippen LogP) is -1.55. The molecular weight excluding hydrogens is 195 g/mol. The van der Waals surface area contributed by atoms with Gasteiger partial charge in [-0.3, -0.25) is 0 Å². The molecule has 0 saturated carbocycles. The fourth-order valence-electron chi connectivity index (χ4n) is 0.764. The normalized spacial score (nSPS) is 10.6. The Morgan fingerprint density at radius 1 is 1.08 bits per heavy atom. The van der Waals surface area contributed by atoms with Crippen molar-refractivity contribution in [2.45, 2.75) is 0 Å². The van der Waals surface area contributed by atoms with Crippen LogP contribution in [0.3, 0.4) is 0 Å². The quantitative estimate of drug-likeness (QED) is 0.544. The third-order valence-corrected chi connectivity index (χ3v) is 1.29. The van der Waals surface area contributed by atoms with Crippen LogP contribution in [0.15, 0.2) is 24.3 Å². The van der Waals surface area contributed by atoms with Gasteiger partial charge in [0.1, 0.15) is 0 Å². The smallest absolute Gasteiger partial charge is 0.511 e. The molecule has 60 valence electrons. The van der Waals surface area contributed by atoms with Crippen LogP contribution in [-0.2, 0) is 0 Å². The van der Waals surface area contributed by atoms with Crippen LogP contribution >= 0.6 is 0 Å². The summed E-state index contributed by atoms with van der Waals surface area (Å²) in [7, 11) is 0. The van der Waals surface area contributed by atoms with E-state index in [1.165, 1.54) is 12.1 Å². The van der Waals surface area contributed by atoms with Gasteiger partial charge in [0.15, 0.2) is 0 Å². The van der Waals surface area contributed by atoms with Crippen molar-refractivity contribution in [3.63, 3.8) is 0 Å². The summed E-state index contributed by atoms with van der Waals surface area (Å²) in [6, 6.07) is 4.46. The average Bonchev–Trinajstić information content (AvgIpc) is 1.86. The summed E-state index contributed by atoms with van der Waals surface area (Å²) >= 11 is 0. The fraction of sp³-hybridized carbons (Fsp3) is 0. The first-order valence-corrected chi connectivity index (χ1v) is 2.99. The summed E-state index contributed by atoms with van der Waals surface area (Å²) < 4.78 is 35.9. The zero-order chi connectivity index (χ0) is 8.48. The molecule has 0 atom stereocenters. The van der Waals surface area contributed by atoms with Crippen LogP contribution in [0.5, 0.6) is 5.75 Å². The number of para-hydroxylation sites is 1. The molecule has 0 spiro atoms. The molecule has 1 aromatic rings. The van der Waals surface area contributed by atoms with Gasteiger partial charge in [0, 0.05) is 0 Å². The Morgan fingerprint density at radius 3 is 1.92 bits per heavy atom. The van der Waals surface area contributed by atoms with Crippen LogP contribution in [0, 0.1) is 0 Å². The molecule has 0 amide bonds. The van der Waals surface area contributed by atoms with Gasteiger partial charge in [-0.15, -0.1) is 0 Å². The second-order valence-corrected chi connectivity index (χ2v) is 2.13. The third-order valence-electron chi connectivity index (χ3n) is 1.29. The number of hydrogen-bond acceptors (Lipinski definition) is 1. The van der Waals surface area contributed by atoms with Crippen molar-refractivity contribution >= 4 is 12.4 Å². The molecule has 0 aliphatic heterocycles. The Hall–Kier alpha value is 0.511. The van der Waals surface area contributed by atoms with Crippen LogP contribution in [0.1, 0.15) is 0 Å². The standard InChI is InChI=1S/C6H5BF3O.K/c8-7(9,10)5-3-1-2-4-6(5)11;/h1-4,11H;/q-1;+1. The molecule has 1 aromatic carbocycles. The number of halogens is 3. The maximum atomic E-state index is 12.0. The SMILES string of the molecule is Oc1ccccc1[B-](F)(F)F.[K+]. The molecule has 1 rings (SSSR count). The van der Waals surface area contributed by atoms with Crippen LogP contribution in [0.25, 0.3) is 0 Å². The third kappa shape index (κ3) is 3.10. The van der Waals surface area contributed by atoms with Crippen molar-refractivity contribution in [2.24, 2.45) is 0 Å². The molecule has 0 saturated heterocycles. The van der Waals surface area contributed by atoms with Crippen molar-refractivity contribution in [1.82, 2.24) is 0 Å². The van der Waals surface area contributed by atoms with Crippen LogP contribution in [-0.4, -0.2) is 12.1 Å². The molecule has 0 unspecified atom stereocenters. The van der Waals surface area contributed by atoms with Gasteiger partial charge in [-0.05, 0) is 6.07 Å². The summed E-state index contributed by atoms with van der Waals surface area (Å²) in [6.45, 7) is -5.08. The van der Waals surface area contributed by atoms with Crippen LogP contribution in [0.2, 0.25) is 0 Å². The molecule has 6 heteroatoms.